The third-order valence-corrected chi connectivity index (χ3v) is 3.72. The van der Waals surface area contributed by atoms with Crippen molar-refractivity contribution in [1.29, 1.82) is 0 Å². The Balaban J connectivity index is 1.86. The zero-order valence-corrected chi connectivity index (χ0v) is 13.6. The molecule has 2 rings (SSSR count). The normalized spacial score (nSPS) is 11.7. The second-order valence-corrected chi connectivity index (χ2v) is 5.42. The van der Waals surface area contributed by atoms with Crippen molar-refractivity contribution in [3.05, 3.63) is 59.2 Å². The zero-order valence-electron chi connectivity index (χ0n) is 13.6. The summed E-state index contributed by atoms with van der Waals surface area (Å²) >= 11 is 0. The van der Waals surface area contributed by atoms with Gasteiger partial charge in [-0.1, -0.05) is 18.2 Å². The molecular weight excluding hydrogens is 292 g/mol. The average Bonchev–Trinajstić information content (AvgIpc) is 2.56. The molecule has 0 aliphatic carbocycles. The highest BCUT2D eigenvalue weighted by Gasteiger charge is 2.10. The number of hydrogen-bond donors (Lipinski definition) is 3. The van der Waals surface area contributed by atoms with Gasteiger partial charge in [0.1, 0.15) is 5.75 Å². The Hall–Kier alpha value is -2.53. The first kappa shape index (κ1) is 16.8. The van der Waals surface area contributed by atoms with Crippen molar-refractivity contribution in [2.75, 3.05) is 19.0 Å². The molecule has 5 heteroatoms. The van der Waals surface area contributed by atoms with Crippen molar-refractivity contribution >= 4 is 11.7 Å². The van der Waals surface area contributed by atoms with Gasteiger partial charge in [-0.2, -0.15) is 0 Å². The van der Waals surface area contributed by atoms with Gasteiger partial charge in [-0.3, -0.25) is 0 Å². The molecular formula is C18H22N2O3. The van der Waals surface area contributed by atoms with Gasteiger partial charge in [0.25, 0.3) is 0 Å². The minimum atomic E-state index is -0.772. The van der Waals surface area contributed by atoms with Gasteiger partial charge in [-0.25, -0.2) is 4.79 Å². The topological polar surface area (TPSA) is 70.6 Å². The molecule has 0 spiro atoms. The summed E-state index contributed by atoms with van der Waals surface area (Å²) in [7, 11) is 1.59. The minimum absolute atomic E-state index is 0.128. The number of methoxy groups -OCH3 is 1. The van der Waals surface area contributed by atoms with Crippen LogP contribution in [0.5, 0.6) is 5.75 Å². The number of benzene rings is 2. The molecule has 2 amide bonds. The predicted octanol–water partition coefficient (Wildman–Crippen LogP) is 3.17. The van der Waals surface area contributed by atoms with E-state index < -0.39 is 6.10 Å². The fourth-order valence-corrected chi connectivity index (χ4v) is 2.13. The Bertz CT molecular complexity index is 668. The van der Waals surface area contributed by atoms with Crippen LogP contribution in [0, 0.1) is 13.8 Å². The molecule has 2 aromatic carbocycles. The number of aliphatic hydroxyl groups is 1. The van der Waals surface area contributed by atoms with Gasteiger partial charge in [-0.15, -0.1) is 0 Å². The maximum absolute atomic E-state index is 11.9. The van der Waals surface area contributed by atoms with Gasteiger partial charge in [-0.05, 0) is 54.8 Å². The summed E-state index contributed by atoms with van der Waals surface area (Å²) in [4.78, 5) is 11.9. The van der Waals surface area contributed by atoms with Gasteiger partial charge < -0.3 is 20.5 Å². The number of amides is 2. The molecule has 0 saturated carbocycles. The van der Waals surface area contributed by atoms with Gasteiger partial charge >= 0.3 is 6.03 Å². The lowest BCUT2D eigenvalue weighted by Crippen LogP contribution is -2.32. The largest absolute Gasteiger partial charge is 0.497 e. The fraction of sp³-hybridized carbons (Fsp3) is 0.278. The maximum Gasteiger partial charge on any atom is 0.319 e. The smallest absolute Gasteiger partial charge is 0.319 e. The van der Waals surface area contributed by atoms with Crippen molar-refractivity contribution in [2.45, 2.75) is 20.0 Å². The Labute approximate surface area is 136 Å². The number of ether oxygens (including phenoxy) is 1. The fourth-order valence-electron chi connectivity index (χ4n) is 2.13. The number of aryl methyl sites for hydroxylation is 2. The predicted molar refractivity (Wildman–Crippen MR) is 90.9 cm³/mol. The number of urea groups is 1. The molecule has 122 valence electrons. The van der Waals surface area contributed by atoms with Crippen LogP contribution in [0.15, 0.2) is 42.5 Å². The highest BCUT2D eigenvalue weighted by atomic mass is 16.5. The number of anilines is 1. The number of carbonyl (C=O) groups excluding carboxylic acids is 1. The number of carbonyl (C=O) groups is 1. The monoisotopic (exact) mass is 314 g/mol. The molecule has 5 nitrogen and oxygen atoms in total. The molecule has 0 radical (unpaired) electrons. The zero-order chi connectivity index (χ0) is 16.8. The summed E-state index contributed by atoms with van der Waals surface area (Å²) in [6.45, 7) is 4.14. The summed E-state index contributed by atoms with van der Waals surface area (Å²) in [6.07, 6.45) is -0.772. The van der Waals surface area contributed by atoms with E-state index in [1.807, 2.05) is 32.0 Å². The lowest BCUT2D eigenvalue weighted by molar-refractivity contribution is 0.175. The Kier molecular flexibility index (Phi) is 5.60. The summed E-state index contributed by atoms with van der Waals surface area (Å²) in [5.74, 6) is 0.724. The van der Waals surface area contributed by atoms with E-state index in [-0.39, 0.29) is 12.6 Å². The molecule has 0 aromatic heterocycles. The van der Waals surface area contributed by atoms with Crippen LogP contribution in [0.4, 0.5) is 10.5 Å². The molecule has 0 bridgehead atoms. The van der Waals surface area contributed by atoms with E-state index in [2.05, 4.69) is 10.6 Å². The van der Waals surface area contributed by atoms with Gasteiger partial charge in [0.05, 0.1) is 13.2 Å². The minimum Gasteiger partial charge on any atom is -0.497 e. The lowest BCUT2D eigenvalue weighted by Gasteiger charge is -2.14. The number of rotatable bonds is 5. The standard InChI is InChI=1S/C18H22N2O3/c1-12-4-7-15(10-13(12)2)20-18(22)19-11-17(21)14-5-8-16(23-3)9-6-14/h4-10,17,21H,11H2,1-3H3,(H2,19,20,22)/t17-/m1/s1. The van der Waals surface area contributed by atoms with E-state index in [0.717, 1.165) is 22.6 Å². The lowest BCUT2D eigenvalue weighted by atomic mass is 10.1. The summed E-state index contributed by atoms with van der Waals surface area (Å²) in [6, 6.07) is 12.5. The molecule has 0 unspecified atom stereocenters. The van der Waals surface area contributed by atoms with Crippen molar-refractivity contribution in [3.63, 3.8) is 0 Å². The number of nitrogens with one attached hydrogen (secondary N) is 2. The van der Waals surface area contributed by atoms with Crippen LogP contribution < -0.4 is 15.4 Å². The van der Waals surface area contributed by atoms with Crippen LogP contribution in [0.2, 0.25) is 0 Å². The number of hydrogen-bond acceptors (Lipinski definition) is 3. The molecule has 1 atom stereocenters. The first-order valence-corrected chi connectivity index (χ1v) is 7.43. The van der Waals surface area contributed by atoms with Crippen LogP contribution >= 0.6 is 0 Å². The van der Waals surface area contributed by atoms with Crippen LogP contribution in [0.1, 0.15) is 22.8 Å². The second-order valence-electron chi connectivity index (χ2n) is 5.42. The van der Waals surface area contributed by atoms with E-state index in [4.69, 9.17) is 4.74 Å². The van der Waals surface area contributed by atoms with Gasteiger partial charge in [0, 0.05) is 12.2 Å². The second kappa shape index (κ2) is 7.65. The first-order valence-electron chi connectivity index (χ1n) is 7.43. The molecule has 0 heterocycles. The van der Waals surface area contributed by atoms with Crippen LogP contribution in [-0.4, -0.2) is 24.8 Å². The third kappa shape index (κ3) is 4.72. The van der Waals surface area contributed by atoms with Crippen LogP contribution in [-0.2, 0) is 0 Å². The van der Waals surface area contributed by atoms with E-state index in [1.54, 1.807) is 31.4 Å². The molecule has 23 heavy (non-hydrogen) atoms. The quantitative estimate of drug-likeness (QED) is 0.794. The highest BCUT2D eigenvalue weighted by Crippen LogP contribution is 2.17. The van der Waals surface area contributed by atoms with Crippen molar-refractivity contribution in [2.24, 2.45) is 0 Å². The van der Waals surface area contributed by atoms with Crippen molar-refractivity contribution in [1.82, 2.24) is 5.32 Å². The summed E-state index contributed by atoms with van der Waals surface area (Å²) < 4.78 is 5.07. The number of aliphatic hydroxyl groups excluding tert-OH is 1. The van der Waals surface area contributed by atoms with E-state index in [0.29, 0.717) is 0 Å². The molecule has 2 aromatic rings. The van der Waals surface area contributed by atoms with Crippen molar-refractivity contribution < 1.29 is 14.6 Å². The average molecular weight is 314 g/mol. The van der Waals surface area contributed by atoms with E-state index >= 15 is 0 Å². The first-order chi connectivity index (χ1) is 11.0. The van der Waals surface area contributed by atoms with Crippen LogP contribution in [0.25, 0.3) is 0 Å². The van der Waals surface area contributed by atoms with E-state index in [9.17, 15) is 9.90 Å². The molecule has 0 fully saturated rings. The molecule has 0 saturated heterocycles. The molecule has 3 N–H and O–H groups in total. The Morgan fingerprint density at radius 3 is 2.43 bits per heavy atom. The third-order valence-electron chi connectivity index (χ3n) is 3.72. The molecule has 0 aliphatic rings. The van der Waals surface area contributed by atoms with E-state index in [1.165, 1.54) is 5.56 Å². The molecule has 0 aliphatic heterocycles. The van der Waals surface area contributed by atoms with Gasteiger partial charge in [0.2, 0.25) is 0 Å². The SMILES string of the molecule is COc1ccc([C@H](O)CNC(=O)Nc2ccc(C)c(C)c2)cc1. The van der Waals surface area contributed by atoms with Crippen LogP contribution in [0.3, 0.4) is 0 Å². The highest BCUT2D eigenvalue weighted by molar-refractivity contribution is 5.89. The maximum atomic E-state index is 11.9. The van der Waals surface area contributed by atoms with Gasteiger partial charge in [0.15, 0.2) is 0 Å². The Morgan fingerprint density at radius 2 is 1.83 bits per heavy atom. The summed E-state index contributed by atoms with van der Waals surface area (Å²) in [5, 5.41) is 15.5. The Morgan fingerprint density at radius 1 is 1.13 bits per heavy atom. The summed E-state index contributed by atoms with van der Waals surface area (Å²) in [5.41, 5.74) is 3.73. The van der Waals surface area contributed by atoms with Crippen molar-refractivity contribution in [3.8, 4) is 5.75 Å².